The Morgan fingerprint density at radius 2 is 2.00 bits per heavy atom. The van der Waals surface area contributed by atoms with E-state index >= 15 is 0 Å². The van der Waals surface area contributed by atoms with Crippen LogP contribution in [0.4, 0.5) is 0 Å². The van der Waals surface area contributed by atoms with Crippen LogP contribution in [0.1, 0.15) is 25.1 Å². The minimum atomic E-state index is -3.61. The Morgan fingerprint density at radius 3 is 2.61 bits per heavy atom. The fourth-order valence-electron chi connectivity index (χ4n) is 2.06. The second kappa shape index (κ2) is 7.25. The van der Waals surface area contributed by atoms with Crippen molar-refractivity contribution < 1.29 is 13.2 Å². The van der Waals surface area contributed by atoms with Crippen LogP contribution in [0, 0.1) is 11.3 Å². The first-order chi connectivity index (χ1) is 11.0. The molecule has 0 bridgehead atoms. The summed E-state index contributed by atoms with van der Waals surface area (Å²) in [6, 6.07) is 12.2. The molecule has 0 unspecified atom stereocenters. The molecule has 0 saturated heterocycles. The summed E-state index contributed by atoms with van der Waals surface area (Å²) in [5.74, 6) is 0.216. The highest BCUT2D eigenvalue weighted by atomic mass is 32.2. The highest BCUT2D eigenvalue weighted by Crippen LogP contribution is 2.30. The average molecular weight is 330 g/mol. The van der Waals surface area contributed by atoms with Gasteiger partial charge >= 0.3 is 0 Å². The van der Waals surface area contributed by atoms with Gasteiger partial charge < -0.3 is 4.74 Å². The number of pyridine rings is 1. The average Bonchev–Trinajstić information content (AvgIpc) is 2.55. The third kappa shape index (κ3) is 3.88. The van der Waals surface area contributed by atoms with Crippen LogP contribution in [0.2, 0.25) is 0 Å². The van der Waals surface area contributed by atoms with Crippen LogP contribution in [0.3, 0.4) is 0 Å². The Labute approximate surface area is 136 Å². The van der Waals surface area contributed by atoms with Gasteiger partial charge in [0.2, 0.25) is 0 Å². The topological polar surface area (TPSA) is 80.0 Å². The first-order valence-corrected chi connectivity index (χ1v) is 8.81. The summed E-state index contributed by atoms with van der Waals surface area (Å²) in [5, 5.41) is 8.58. The van der Waals surface area contributed by atoms with Crippen LogP contribution in [0.5, 0.6) is 5.75 Å². The molecule has 0 atom stereocenters. The quantitative estimate of drug-likeness (QED) is 0.813. The van der Waals surface area contributed by atoms with Crippen molar-refractivity contribution in [1.82, 2.24) is 4.98 Å². The molecule has 2 rings (SSSR count). The SMILES string of the molecule is CC(C)S(=O)(=O)c1c(C#N)cccc1OCCc1ccccn1. The molecule has 1 heterocycles. The lowest BCUT2D eigenvalue weighted by Gasteiger charge is -2.15. The fourth-order valence-corrected chi connectivity index (χ4v) is 3.36. The number of benzene rings is 1. The van der Waals surface area contributed by atoms with Crippen LogP contribution in [-0.2, 0) is 16.3 Å². The van der Waals surface area contributed by atoms with Crippen LogP contribution in [0.25, 0.3) is 0 Å². The van der Waals surface area contributed by atoms with Gasteiger partial charge in [-0.05, 0) is 38.1 Å². The van der Waals surface area contributed by atoms with E-state index in [4.69, 9.17) is 4.74 Å². The molecule has 0 saturated carbocycles. The summed E-state index contributed by atoms with van der Waals surface area (Å²) < 4.78 is 30.7. The van der Waals surface area contributed by atoms with E-state index in [-0.39, 0.29) is 22.8 Å². The number of nitriles is 1. The van der Waals surface area contributed by atoms with Gasteiger partial charge in [0.1, 0.15) is 16.7 Å². The Balaban J connectivity index is 2.27. The second-order valence-corrected chi connectivity index (χ2v) is 7.70. The van der Waals surface area contributed by atoms with Crippen molar-refractivity contribution in [3.05, 3.63) is 53.9 Å². The number of aromatic nitrogens is 1. The fraction of sp³-hybridized carbons (Fsp3) is 0.294. The van der Waals surface area contributed by atoms with Crippen molar-refractivity contribution >= 4 is 9.84 Å². The zero-order chi connectivity index (χ0) is 16.9. The van der Waals surface area contributed by atoms with Gasteiger partial charge in [-0.1, -0.05) is 12.1 Å². The molecule has 120 valence electrons. The number of hydrogen-bond donors (Lipinski definition) is 0. The maximum absolute atomic E-state index is 12.5. The number of hydrogen-bond acceptors (Lipinski definition) is 5. The standard InChI is InChI=1S/C17H18N2O3S/c1-13(2)23(20,21)17-14(12-18)6-5-8-16(17)22-11-9-15-7-3-4-10-19-15/h3-8,10,13H,9,11H2,1-2H3. The summed E-state index contributed by atoms with van der Waals surface area (Å²) >= 11 is 0. The molecule has 2 aromatic rings. The number of rotatable bonds is 6. The Morgan fingerprint density at radius 1 is 1.22 bits per heavy atom. The smallest absolute Gasteiger partial charge is 0.185 e. The zero-order valence-electron chi connectivity index (χ0n) is 13.1. The van der Waals surface area contributed by atoms with Gasteiger partial charge in [-0.15, -0.1) is 0 Å². The summed E-state index contributed by atoms with van der Waals surface area (Å²) in [6.45, 7) is 3.45. The van der Waals surface area contributed by atoms with Crippen molar-refractivity contribution in [3.8, 4) is 11.8 Å². The van der Waals surface area contributed by atoms with Gasteiger partial charge in [0, 0.05) is 18.3 Å². The Kier molecular flexibility index (Phi) is 5.35. The predicted octanol–water partition coefficient (Wildman–Crippen LogP) is 2.76. The molecule has 5 nitrogen and oxygen atoms in total. The molecule has 23 heavy (non-hydrogen) atoms. The van der Waals surface area contributed by atoms with Crippen molar-refractivity contribution in [3.63, 3.8) is 0 Å². The molecule has 0 aliphatic carbocycles. The van der Waals surface area contributed by atoms with Crippen molar-refractivity contribution in [2.45, 2.75) is 30.4 Å². The molecule has 0 N–H and O–H groups in total. The molecule has 0 spiro atoms. The van der Waals surface area contributed by atoms with Crippen LogP contribution >= 0.6 is 0 Å². The maximum atomic E-state index is 12.5. The van der Waals surface area contributed by atoms with Crippen LogP contribution in [-0.4, -0.2) is 25.3 Å². The molecule has 1 aromatic heterocycles. The molecule has 0 aliphatic heterocycles. The largest absolute Gasteiger partial charge is 0.492 e. The first-order valence-electron chi connectivity index (χ1n) is 7.26. The number of nitrogens with zero attached hydrogens (tertiary/aromatic N) is 2. The minimum Gasteiger partial charge on any atom is -0.492 e. The van der Waals surface area contributed by atoms with Gasteiger partial charge in [0.05, 0.1) is 17.4 Å². The van der Waals surface area contributed by atoms with Gasteiger partial charge in [-0.3, -0.25) is 4.98 Å². The molecular weight excluding hydrogens is 312 g/mol. The van der Waals surface area contributed by atoms with E-state index in [2.05, 4.69) is 4.98 Å². The highest BCUT2D eigenvalue weighted by molar-refractivity contribution is 7.92. The van der Waals surface area contributed by atoms with Crippen molar-refractivity contribution in [2.24, 2.45) is 0 Å². The van der Waals surface area contributed by atoms with E-state index in [1.807, 2.05) is 24.3 Å². The molecule has 6 heteroatoms. The minimum absolute atomic E-state index is 0.0291. The predicted molar refractivity (Wildman–Crippen MR) is 86.9 cm³/mol. The third-order valence-corrected chi connectivity index (χ3v) is 5.58. The van der Waals surface area contributed by atoms with Crippen molar-refractivity contribution in [2.75, 3.05) is 6.61 Å². The normalized spacial score (nSPS) is 11.2. The van der Waals surface area contributed by atoms with Gasteiger partial charge in [-0.2, -0.15) is 5.26 Å². The lowest BCUT2D eigenvalue weighted by Crippen LogP contribution is -2.17. The summed E-state index contributed by atoms with van der Waals surface area (Å²) in [6.07, 6.45) is 2.25. The number of ether oxygens (including phenoxy) is 1. The van der Waals surface area contributed by atoms with Crippen LogP contribution in [0.15, 0.2) is 47.5 Å². The molecule has 1 aromatic carbocycles. The van der Waals surface area contributed by atoms with Gasteiger partial charge in [-0.25, -0.2) is 8.42 Å². The summed E-state index contributed by atoms with van der Waals surface area (Å²) in [5.41, 5.74) is 0.964. The second-order valence-electron chi connectivity index (χ2n) is 5.26. The highest BCUT2D eigenvalue weighted by Gasteiger charge is 2.27. The molecule has 0 amide bonds. The van der Waals surface area contributed by atoms with Gasteiger partial charge in [0.15, 0.2) is 9.84 Å². The van der Waals surface area contributed by atoms with E-state index in [1.165, 1.54) is 6.07 Å². The van der Waals surface area contributed by atoms with E-state index in [0.29, 0.717) is 6.42 Å². The molecular formula is C17H18N2O3S. The summed E-state index contributed by atoms with van der Waals surface area (Å²) in [4.78, 5) is 4.16. The summed E-state index contributed by atoms with van der Waals surface area (Å²) in [7, 11) is -3.61. The monoisotopic (exact) mass is 330 g/mol. The Bertz CT molecular complexity index is 809. The van der Waals surface area contributed by atoms with E-state index in [9.17, 15) is 13.7 Å². The van der Waals surface area contributed by atoms with Crippen molar-refractivity contribution in [1.29, 1.82) is 5.26 Å². The van der Waals surface area contributed by atoms with E-state index < -0.39 is 15.1 Å². The van der Waals surface area contributed by atoms with E-state index in [1.54, 1.807) is 32.2 Å². The molecule has 0 aliphatic rings. The molecule has 0 radical (unpaired) electrons. The van der Waals surface area contributed by atoms with E-state index in [0.717, 1.165) is 5.69 Å². The number of sulfone groups is 1. The lowest BCUT2D eigenvalue weighted by molar-refractivity contribution is 0.312. The Hall–Kier alpha value is -2.39. The third-order valence-electron chi connectivity index (χ3n) is 3.35. The van der Waals surface area contributed by atoms with Gasteiger partial charge in [0.25, 0.3) is 0 Å². The van der Waals surface area contributed by atoms with Crippen LogP contribution < -0.4 is 4.74 Å². The zero-order valence-corrected chi connectivity index (χ0v) is 13.9. The lowest BCUT2D eigenvalue weighted by atomic mass is 10.2. The maximum Gasteiger partial charge on any atom is 0.185 e. The molecule has 0 fully saturated rings. The first kappa shape index (κ1) is 17.0.